The lowest BCUT2D eigenvalue weighted by atomic mass is 10.1. The fourth-order valence-electron chi connectivity index (χ4n) is 1.05. The first-order valence-corrected chi connectivity index (χ1v) is 3.77. The minimum Gasteiger partial charge on any atom is -0.337 e. The Morgan fingerprint density at radius 2 is 2.33 bits per heavy atom. The zero-order valence-corrected chi connectivity index (χ0v) is 6.80. The van der Waals surface area contributed by atoms with Crippen molar-refractivity contribution >= 4 is 16.8 Å². The number of benzene rings is 1. The molecule has 0 unspecified atom stereocenters. The lowest BCUT2D eigenvalue weighted by Crippen LogP contribution is -1.89. The highest BCUT2D eigenvalue weighted by Crippen LogP contribution is 2.26. The second kappa shape index (κ2) is 2.77. The zero-order valence-electron chi connectivity index (χ0n) is 6.04. The van der Waals surface area contributed by atoms with E-state index in [1.807, 2.05) is 0 Å². The van der Waals surface area contributed by atoms with Crippen molar-refractivity contribution in [1.29, 1.82) is 0 Å². The monoisotopic (exact) mass is 184 g/mol. The highest BCUT2D eigenvalue weighted by Gasteiger charge is 2.15. The summed E-state index contributed by atoms with van der Waals surface area (Å²) < 4.78 is 0. The maximum Gasteiger partial charge on any atom is 0.252 e. The van der Waals surface area contributed by atoms with Gasteiger partial charge in [-0.2, -0.15) is 4.89 Å². The van der Waals surface area contributed by atoms with Gasteiger partial charge in [0.2, 0.25) is 0 Å². The molecule has 2 rings (SSSR count). The van der Waals surface area contributed by atoms with E-state index < -0.39 is 5.24 Å². The number of hydrogen-bond acceptors (Lipinski definition) is 3. The van der Waals surface area contributed by atoms with Gasteiger partial charge in [0.25, 0.3) is 5.24 Å². The minimum atomic E-state index is -0.468. The highest BCUT2D eigenvalue weighted by atomic mass is 35.5. The van der Waals surface area contributed by atoms with Gasteiger partial charge in [-0.1, -0.05) is 0 Å². The molecular formula is C8H5ClO3. The predicted molar refractivity (Wildman–Crippen MR) is 42.0 cm³/mol. The van der Waals surface area contributed by atoms with Gasteiger partial charge in [-0.3, -0.25) is 4.79 Å². The van der Waals surface area contributed by atoms with Gasteiger partial charge in [-0.15, -0.1) is 0 Å². The molecule has 62 valence electrons. The van der Waals surface area contributed by atoms with Crippen molar-refractivity contribution in [1.82, 2.24) is 0 Å². The minimum absolute atomic E-state index is 0.368. The Morgan fingerprint density at radius 3 is 3.08 bits per heavy atom. The molecular weight excluding hydrogens is 180 g/mol. The number of carbonyl (C=O) groups is 1. The van der Waals surface area contributed by atoms with Crippen molar-refractivity contribution in [3.8, 4) is 5.75 Å². The van der Waals surface area contributed by atoms with Crippen molar-refractivity contribution in [3.05, 3.63) is 29.3 Å². The molecule has 4 heteroatoms. The molecule has 0 atom stereocenters. The fourth-order valence-corrected chi connectivity index (χ4v) is 1.17. The number of hydrogen-bond donors (Lipinski definition) is 0. The predicted octanol–water partition coefficient (Wildman–Crippen LogP) is 1.89. The molecule has 0 aromatic heterocycles. The van der Waals surface area contributed by atoms with Crippen LogP contribution in [0.25, 0.3) is 0 Å². The van der Waals surface area contributed by atoms with Crippen LogP contribution < -0.4 is 4.89 Å². The van der Waals surface area contributed by atoms with Gasteiger partial charge in [-0.05, 0) is 29.8 Å². The number of carbonyl (C=O) groups excluding carboxylic acids is 1. The number of halogens is 1. The summed E-state index contributed by atoms with van der Waals surface area (Å²) in [5.74, 6) is 0.650. The van der Waals surface area contributed by atoms with Gasteiger partial charge in [0.1, 0.15) is 6.61 Å². The zero-order chi connectivity index (χ0) is 8.55. The average Bonchev–Trinajstić information content (AvgIpc) is 2.49. The largest absolute Gasteiger partial charge is 0.337 e. The lowest BCUT2D eigenvalue weighted by molar-refractivity contribution is -0.194. The van der Waals surface area contributed by atoms with Gasteiger partial charge in [0.15, 0.2) is 5.75 Å². The molecule has 0 saturated carbocycles. The molecule has 1 aliphatic heterocycles. The summed E-state index contributed by atoms with van der Waals surface area (Å²) in [7, 11) is 0. The second-order valence-corrected chi connectivity index (χ2v) is 2.79. The summed E-state index contributed by atoms with van der Waals surface area (Å²) in [6.07, 6.45) is 0. The van der Waals surface area contributed by atoms with Crippen LogP contribution >= 0.6 is 11.6 Å². The van der Waals surface area contributed by atoms with Gasteiger partial charge in [0.05, 0.1) is 0 Å². The van der Waals surface area contributed by atoms with Crippen molar-refractivity contribution in [2.75, 3.05) is 0 Å². The molecule has 1 aliphatic rings. The Balaban J connectivity index is 2.45. The van der Waals surface area contributed by atoms with E-state index in [2.05, 4.69) is 0 Å². The Kier molecular flexibility index (Phi) is 1.75. The van der Waals surface area contributed by atoms with E-state index >= 15 is 0 Å². The van der Waals surface area contributed by atoms with Crippen LogP contribution in [-0.2, 0) is 11.5 Å². The summed E-state index contributed by atoms with van der Waals surface area (Å²) in [4.78, 5) is 20.2. The van der Waals surface area contributed by atoms with Crippen LogP contribution in [0.5, 0.6) is 5.75 Å². The Bertz CT molecular complexity index is 335. The maximum absolute atomic E-state index is 10.7. The molecule has 1 heterocycles. The molecule has 0 spiro atoms. The van der Waals surface area contributed by atoms with Gasteiger partial charge in [-0.25, -0.2) is 0 Å². The normalized spacial score (nSPS) is 13.8. The molecule has 0 amide bonds. The number of fused-ring (bicyclic) bond motifs is 1. The van der Waals surface area contributed by atoms with Gasteiger partial charge in [0, 0.05) is 11.1 Å². The van der Waals surface area contributed by atoms with Crippen molar-refractivity contribution in [2.45, 2.75) is 6.61 Å². The third-order valence-electron chi connectivity index (χ3n) is 1.65. The summed E-state index contributed by atoms with van der Waals surface area (Å²) in [5.41, 5.74) is 1.31. The maximum atomic E-state index is 10.7. The Hall–Kier alpha value is -1.06. The lowest BCUT2D eigenvalue weighted by Gasteiger charge is -1.95. The van der Waals surface area contributed by atoms with E-state index in [1.54, 1.807) is 18.2 Å². The highest BCUT2D eigenvalue weighted by molar-refractivity contribution is 6.67. The van der Waals surface area contributed by atoms with Gasteiger partial charge < -0.3 is 4.89 Å². The Labute approximate surface area is 73.8 Å². The number of rotatable bonds is 1. The molecule has 0 aliphatic carbocycles. The van der Waals surface area contributed by atoms with Crippen molar-refractivity contribution in [2.24, 2.45) is 0 Å². The average molecular weight is 185 g/mol. The van der Waals surface area contributed by atoms with E-state index in [-0.39, 0.29) is 0 Å². The third-order valence-corrected chi connectivity index (χ3v) is 1.87. The van der Waals surface area contributed by atoms with Crippen LogP contribution in [0.1, 0.15) is 15.9 Å². The summed E-state index contributed by atoms with van der Waals surface area (Å²) in [6, 6.07) is 4.93. The molecule has 1 aromatic carbocycles. The summed E-state index contributed by atoms with van der Waals surface area (Å²) in [6.45, 7) is 0.368. The molecule has 0 N–H and O–H groups in total. The molecule has 3 nitrogen and oxygen atoms in total. The van der Waals surface area contributed by atoms with Crippen LogP contribution in [0.4, 0.5) is 0 Å². The first-order valence-electron chi connectivity index (χ1n) is 3.39. The van der Waals surface area contributed by atoms with Crippen molar-refractivity contribution < 1.29 is 14.6 Å². The molecule has 0 bridgehead atoms. The topological polar surface area (TPSA) is 35.5 Å². The van der Waals surface area contributed by atoms with Crippen LogP contribution in [0.3, 0.4) is 0 Å². The second-order valence-electron chi connectivity index (χ2n) is 2.44. The molecule has 12 heavy (non-hydrogen) atoms. The standard InChI is InChI=1S/C8H5ClO3/c9-8(10)5-1-2-7-6(3-5)4-11-12-7/h1-3H,4H2. The van der Waals surface area contributed by atoms with Crippen LogP contribution in [-0.4, -0.2) is 5.24 Å². The summed E-state index contributed by atoms with van der Waals surface area (Å²) >= 11 is 5.28. The molecule has 0 saturated heterocycles. The van der Waals surface area contributed by atoms with Crippen LogP contribution in [0, 0.1) is 0 Å². The van der Waals surface area contributed by atoms with E-state index in [0.29, 0.717) is 17.9 Å². The third kappa shape index (κ3) is 1.17. The first kappa shape index (κ1) is 7.58. The van der Waals surface area contributed by atoms with Crippen LogP contribution in [0.2, 0.25) is 0 Å². The van der Waals surface area contributed by atoms with Gasteiger partial charge >= 0.3 is 0 Å². The molecule has 0 radical (unpaired) electrons. The van der Waals surface area contributed by atoms with Crippen molar-refractivity contribution in [3.63, 3.8) is 0 Å². The molecule has 0 fully saturated rings. The Morgan fingerprint density at radius 1 is 1.50 bits per heavy atom. The first-order chi connectivity index (χ1) is 5.77. The summed E-state index contributed by atoms with van der Waals surface area (Å²) in [5, 5.41) is -0.468. The smallest absolute Gasteiger partial charge is 0.252 e. The molecule has 1 aromatic rings. The quantitative estimate of drug-likeness (QED) is 0.494. The van der Waals surface area contributed by atoms with Crippen LogP contribution in [0.15, 0.2) is 18.2 Å². The van der Waals surface area contributed by atoms with E-state index in [1.165, 1.54) is 0 Å². The SMILES string of the molecule is O=C(Cl)c1ccc2c(c1)COO2. The van der Waals surface area contributed by atoms with E-state index in [9.17, 15) is 4.79 Å². The fraction of sp³-hybridized carbons (Fsp3) is 0.125. The van der Waals surface area contributed by atoms with E-state index in [0.717, 1.165) is 5.56 Å². The van der Waals surface area contributed by atoms with E-state index in [4.69, 9.17) is 21.4 Å².